The van der Waals surface area contributed by atoms with Gasteiger partial charge in [0.05, 0.1) is 21.7 Å². The molecule has 0 spiro atoms. The van der Waals surface area contributed by atoms with E-state index in [2.05, 4.69) is 36.5 Å². The molecule has 162 valence electrons. The van der Waals surface area contributed by atoms with E-state index in [4.69, 9.17) is 16.3 Å². The van der Waals surface area contributed by atoms with Crippen molar-refractivity contribution in [1.29, 1.82) is 0 Å². The van der Waals surface area contributed by atoms with Gasteiger partial charge in [-0.2, -0.15) is 4.98 Å². The molecular weight excluding hydrogens is 496 g/mol. The van der Waals surface area contributed by atoms with Crippen LogP contribution >= 0.6 is 27.5 Å². The van der Waals surface area contributed by atoms with Crippen LogP contribution in [-0.4, -0.2) is 33.1 Å². The number of hydrogen-bond donors (Lipinski definition) is 2. The third kappa shape index (κ3) is 3.61. The van der Waals surface area contributed by atoms with Crippen LogP contribution in [0.25, 0.3) is 10.9 Å². The van der Waals surface area contributed by atoms with Crippen LogP contribution in [0, 0.1) is 5.92 Å². The highest BCUT2D eigenvalue weighted by atomic mass is 79.9. The number of ether oxygens (including phenoxy) is 1. The molecule has 1 aliphatic heterocycles. The van der Waals surface area contributed by atoms with E-state index in [-0.39, 0.29) is 22.6 Å². The minimum atomic E-state index is -3.09. The fourth-order valence-electron chi connectivity index (χ4n) is 3.86. The molecule has 2 aromatic heterocycles. The van der Waals surface area contributed by atoms with E-state index in [0.717, 1.165) is 12.8 Å². The Morgan fingerprint density at radius 1 is 1.39 bits per heavy atom. The molecule has 5 rings (SSSR count). The second-order valence-corrected chi connectivity index (χ2v) is 8.96. The van der Waals surface area contributed by atoms with Gasteiger partial charge in [-0.1, -0.05) is 0 Å². The first-order chi connectivity index (χ1) is 14.7. The van der Waals surface area contributed by atoms with Gasteiger partial charge < -0.3 is 19.9 Å². The molecule has 0 saturated heterocycles. The normalized spacial score (nSPS) is 19.8. The van der Waals surface area contributed by atoms with Gasteiger partial charge in [0, 0.05) is 24.3 Å². The summed E-state index contributed by atoms with van der Waals surface area (Å²) in [6, 6.07) is 4.18. The van der Waals surface area contributed by atoms with Crippen molar-refractivity contribution in [3.63, 3.8) is 0 Å². The van der Waals surface area contributed by atoms with Gasteiger partial charge in [0.25, 0.3) is 5.56 Å². The Hall–Kier alpha value is -2.46. The third-order valence-corrected chi connectivity index (χ3v) is 6.35. The minimum absolute atomic E-state index is 0.0762. The lowest BCUT2D eigenvalue weighted by molar-refractivity contribution is -0.0579. The van der Waals surface area contributed by atoms with Gasteiger partial charge in [0.15, 0.2) is 6.61 Å². The lowest BCUT2D eigenvalue weighted by Crippen LogP contribution is -2.44. The Balaban J connectivity index is 1.65. The van der Waals surface area contributed by atoms with Gasteiger partial charge in [-0.05, 0) is 64.5 Å². The topological polar surface area (TPSA) is 81.1 Å². The van der Waals surface area contributed by atoms with Crippen LogP contribution in [0.3, 0.4) is 0 Å². The minimum Gasteiger partial charge on any atom is -0.480 e. The van der Waals surface area contributed by atoms with Crippen molar-refractivity contribution < 1.29 is 13.5 Å². The Kier molecular flexibility index (Phi) is 4.82. The fraction of sp³-hybridized carbons (Fsp3) is 0.350. The van der Waals surface area contributed by atoms with Crippen LogP contribution in [-0.2, 0) is 7.05 Å². The second-order valence-electron chi connectivity index (χ2n) is 7.77. The number of pyridine rings is 1. The quantitative estimate of drug-likeness (QED) is 0.495. The van der Waals surface area contributed by atoms with Crippen molar-refractivity contribution in [3.05, 3.63) is 44.5 Å². The number of hydrogen-bond acceptors (Lipinski definition) is 6. The SMILES string of the molecule is Cn1c(=O)c2c(c3cc(Nc4nc(Cl)ncc4Br)ccc31)NC(C1CC1)C(F)(F)CO2. The number of anilines is 3. The van der Waals surface area contributed by atoms with Crippen molar-refractivity contribution in [2.24, 2.45) is 13.0 Å². The summed E-state index contributed by atoms with van der Waals surface area (Å²) in [4.78, 5) is 20.9. The van der Waals surface area contributed by atoms with Gasteiger partial charge in [0.1, 0.15) is 5.82 Å². The summed E-state index contributed by atoms with van der Waals surface area (Å²) in [6.07, 6.45) is 2.97. The van der Waals surface area contributed by atoms with E-state index in [1.807, 2.05) is 0 Å². The molecule has 1 atom stereocenters. The van der Waals surface area contributed by atoms with E-state index in [9.17, 15) is 13.6 Å². The zero-order valence-electron chi connectivity index (χ0n) is 16.3. The van der Waals surface area contributed by atoms with Crippen molar-refractivity contribution in [2.45, 2.75) is 24.8 Å². The highest BCUT2D eigenvalue weighted by molar-refractivity contribution is 9.10. The van der Waals surface area contributed by atoms with Crippen molar-refractivity contribution in [3.8, 4) is 5.75 Å². The molecule has 31 heavy (non-hydrogen) atoms. The predicted molar refractivity (Wildman–Crippen MR) is 118 cm³/mol. The summed E-state index contributed by atoms with van der Waals surface area (Å²) in [5.41, 5.74) is 1.04. The number of alkyl halides is 2. The highest BCUT2D eigenvalue weighted by Crippen LogP contribution is 2.45. The molecule has 7 nitrogen and oxygen atoms in total. The molecule has 3 aromatic rings. The maximum Gasteiger partial charge on any atom is 0.301 e. The van der Waals surface area contributed by atoms with E-state index in [1.165, 1.54) is 10.8 Å². The summed E-state index contributed by atoms with van der Waals surface area (Å²) in [6.45, 7) is -0.834. The van der Waals surface area contributed by atoms with Crippen LogP contribution in [0.4, 0.5) is 26.0 Å². The Morgan fingerprint density at radius 3 is 2.90 bits per heavy atom. The van der Waals surface area contributed by atoms with Crippen LogP contribution in [0.2, 0.25) is 5.28 Å². The molecule has 0 bridgehead atoms. The monoisotopic (exact) mass is 511 g/mol. The zero-order chi connectivity index (χ0) is 21.9. The lowest BCUT2D eigenvalue weighted by Gasteiger charge is -2.25. The van der Waals surface area contributed by atoms with Crippen molar-refractivity contribution in [1.82, 2.24) is 14.5 Å². The van der Waals surface area contributed by atoms with E-state index in [1.54, 1.807) is 25.2 Å². The van der Waals surface area contributed by atoms with Crippen LogP contribution < -0.4 is 20.9 Å². The first kappa shape index (κ1) is 20.4. The summed E-state index contributed by atoms with van der Waals surface area (Å²) in [7, 11) is 1.59. The molecule has 0 amide bonds. The molecule has 1 saturated carbocycles. The standard InChI is InChI=1S/C20H17BrClF2N5O2/c1-29-13-5-4-10(26-17-12(21)7-25-19(22)28-17)6-11(13)14-15(18(29)30)31-8-20(23,24)16(27-14)9-2-3-9/h4-7,9,16,27H,2-3,8H2,1H3,(H,25,26,28). The largest absolute Gasteiger partial charge is 0.480 e. The smallest absolute Gasteiger partial charge is 0.301 e. The molecule has 2 aliphatic rings. The van der Waals surface area contributed by atoms with E-state index in [0.29, 0.717) is 26.9 Å². The molecular formula is C20H17BrClF2N5O2. The number of nitrogens with zero attached hydrogens (tertiary/aromatic N) is 3. The van der Waals surface area contributed by atoms with Gasteiger partial charge >= 0.3 is 5.92 Å². The number of aryl methyl sites for hydroxylation is 1. The summed E-state index contributed by atoms with van der Waals surface area (Å²) < 4.78 is 36.8. The molecule has 0 radical (unpaired) electrons. The van der Waals surface area contributed by atoms with Crippen LogP contribution in [0.15, 0.2) is 33.7 Å². The summed E-state index contributed by atoms with van der Waals surface area (Å²) >= 11 is 9.25. The maximum atomic E-state index is 14.7. The molecule has 1 aromatic carbocycles. The fourth-order valence-corrected chi connectivity index (χ4v) is 4.28. The predicted octanol–water partition coefficient (Wildman–Crippen LogP) is 4.71. The van der Waals surface area contributed by atoms with E-state index >= 15 is 0 Å². The molecule has 3 heterocycles. The average Bonchev–Trinajstić information content (AvgIpc) is 3.56. The highest BCUT2D eigenvalue weighted by Gasteiger charge is 2.51. The number of rotatable bonds is 3. The van der Waals surface area contributed by atoms with E-state index < -0.39 is 24.1 Å². The van der Waals surface area contributed by atoms with Gasteiger partial charge in [0.2, 0.25) is 11.0 Å². The summed E-state index contributed by atoms with van der Waals surface area (Å²) in [5.74, 6) is -2.89. The van der Waals surface area contributed by atoms with Crippen molar-refractivity contribution in [2.75, 3.05) is 17.2 Å². The van der Waals surface area contributed by atoms with Crippen LogP contribution in [0.1, 0.15) is 12.8 Å². The second kappa shape index (κ2) is 7.30. The van der Waals surface area contributed by atoms with Gasteiger partial charge in [-0.15, -0.1) is 0 Å². The van der Waals surface area contributed by atoms with Crippen LogP contribution in [0.5, 0.6) is 5.75 Å². The van der Waals surface area contributed by atoms with Gasteiger partial charge in [-0.25, -0.2) is 13.8 Å². The average molecular weight is 513 g/mol. The number of fused-ring (bicyclic) bond motifs is 3. The Labute approximate surface area is 188 Å². The molecule has 1 fully saturated rings. The maximum absolute atomic E-state index is 14.7. The summed E-state index contributed by atoms with van der Waals surface area (Å²) in [5, 5.41) is 6.76. The molecule has 2 N–H and O–H groups in total. The Bertz CT molecular complexity index is 1260. The molecule has 1 aliphatic carbocycles. The number of benzene rings is 1. The first-order valence-corrected chi connectivity index (χ1v) is 10.8. The first-order valence-electron chi connectivity index (χ1n) is 9.63. The molecule has 1 unspecified atom stereocenters. The zero-order valence-corrected chi connectivity index (χ0v) is 18.6. The van der Waals surface area contributed by atoms with Crippen molar-refractivity contribution >= 4 is 55.6 Å². The Morgan fingerprint density at radius 2 is 2.16 bits per heavy atom. The number of halogens is 4. The van der Waals surface area contributed by atoms with Gasteiger partial charge in [-0.3, -0.25) is 4.79 Å². The number of nitrogens with one attached hydrogen (secondary N) is 2. The molecule has 11 heteroatoms. The lowest BCUT2D eigenvalue weighted by atomic mass is 10.0. The third-order valence-electron chi connectivity index (χ3n) is 5.59. The number of aromatic nitrogens is 3.